The molecule has 0 saturated carbocycles. The number of nitrogens with one attached hydrogen (secondary N) is 1. The molecule has 7 nitrogen and oxygen atoms in total. The van der Waals surface area contributed by atoms with Crippen LogP contribution in [-0.4, -0.2) is 34.9 Å². The van der Waals surface area contributed by atoms with Gasteiger partial charge in [0.05, 0.1) is 25.5 Å². The molecule has 0 spiro atoms. The summed E-state index contributed by atoms with van der Waals surface area (Å²) in [5.41, 5.74) is 3.53. The fourth-order valence-electron chi connectivity index (χ4n) is 3.18. The highest BCUT2D eigenvalue weighted by atomic mass is 16.5. The first-order valence-electron chi connectivity index (χ1n) is 9.70. The summed E-state index contributed by atoms with van der Waals surface area (Å²) in [6, 6.07) is 18.7. The minimum atomic E-state index is -0.302. The fraction of sp³-hybridized carbons (Fsp3) is 0.125. The zero-order valence-corrected chi connectivity index (χ0v) is 17.5. The topological polar surface area (TPSA) is 78.3 Å². The maximum atomic E-state index is 13.2. The van der Waals surface area contributed by atoms with Gasteiger partial charge in [0, 0.05) is 18.0 Å². The molecule has 0 aliphatic heterocycles. The van der Waals surface area contributed by atoms with Gasteiger partial charge in [0.2, 0.25) is 0 Å². The average molecular weight is 414 g/mol. The number of carbonyl (C=O) groups excluding carboxylic acids is 1. The van der Waals surface area contributed by atoms with E-state index in [1.807, 2.05) is 49.4 Å². The fourth-order valence-corrected chi connectivity index (χ4v) is 3.18. The maximum Gasteiger partial charge on any atom is 0.260 e. The van der Waals surface area contributed by atoms with Crippen molar-refractivity contribution in [1.29, 1.82) is 0 Å². The molecule has 0 aliphatic carbocycles. The summed E-state index contributed by atoms with van der Waals surface area (Å²) in [5.74, 6) is 1.33. The lowest BCUT2D eigenvalue weighted by molar-refractivity contribution is 0.102. The van der Waals surface area contributed by atoms with Crippen molar-refractivity contribution in [2.24, 2.45) is 0 Å². The van der Waals surface area contributed by atoms with E-state index < -0.39 is 0 Å². The predicted molar refractivity (Wildman–Crippen MR) is 119 cm³/mol. The lowest BCUT2D eigenvalue weighted by Crippen LogP contribution is -2.13. The Kier molecular flexibility index (Phi) is 5.66. The van der Waals surface area contributed by atoms with Gasteiger partial charge in [-0.05, 0) is 48.9 Å². The Hall–Kier alpha value is -4.13. The summed E-state index contributed by atoms with van der Waals surface area (Å²) in [7, 11) is 3.15. The quantitative estimate of drug-likeness (QED) is 0.502. The Morgan fingerprint density at radius 1 is 0.968 bits per heavy atom. The number of rotatable bonds is 6. The number of methoxy groups -OCH3 is 2. The minimum Gasteiger partial charge on any atom is -0.493 e. The standard InChI is InChI=1S/C24H22N4O3/c1-16-9-12-22(25-14-16)26-24(29)19-15-28(18-7-5-4-6-8-18)27-23(19)17-10-11-20(30-2)21(13-17)31-3/h4-15H,1-3H3,(H,25,26,29). The molecule has 0 saturated heterocycles. The Labute approximate surface area is 180 Å². The van der Waals surface area contributed by atoms with Crippen LogP contribution >= 0.6 is 0 Å². The van der Waals surface area contributed by atoms with E-state index in [1.165, 1.54) is 0 Å². The van der Waals surface area contributed by atoms with Gasteiger partial charge in [0.25, 0.3) is 5.91 Å². The Balaban J connectivity index is 1.78. The summed E-state index contributed by atoms with van der Waals surface area (Å²) in [6.45, 7) is 1.94. The summed E-state index contributed by atoms with van der Waals surface area (Å²) in [6.07, 6.45) is 3.42. The van der Waals surface area contributed by atoms with E-state index in [0.29, 0.717) is 28.6 Å². The van der Waals surface area contributed by atoms with E-state index in [-0.39, 0.29) is 5.91 Å². The number of anilines is 1. The van der Waals surface area contributed by atoms with Crippen molar-refractivity contribution in [2.75, 3.05) is 19.5 Å². The number of amides is 1. The van der Waals surface area contributed by atoms with E-state index >= 15 is 0 Å². The van der Waals surface area contributed by atoms with Crippen molar-refractivity contribution < 1.29 is 14.3 Å². The molecular weight excluding hydrogens is 392 g/mol. The highest BCUT2D eigenvalue weighted by Crippen LogP contribution is 2.33. The molecule has 2 aromatic heterocycles. The summed E-state index contributed by atoms with van der Waals surface area (Å²) < 4.78 is 12.4. The molecule has 0 fully saturated rings. The number of aryl methyl sites for hydroxylation is 1. The summed E-state index contributed by atoms with van der Waals surface area (Å²) >= 11 is 0. The Morgan fingerprint density at radius 2 is 1.74 bits per heavy atom. The van der Waals surface area contributed by atoms with Crippen LogP contribution in [0.25, 0.3) is 16.9 Å². The SMILES string of the molecule is COc1ccc(-c2nn(-c3ccccc3)cc2C(=O)Nc2ccc(C)cn2)cc1OC. The summed E-state index contributed by atoms with van der Waals surface area (Å²) in [4.78, 5) is 17.4. The van der Waals surface area contributed by atoms with Gasteiger partial charge in [-0.25, -0.2) is 9.67 Å². The molecular formula is C24H22N4O3. The first-order chi connectivity index (χ1) is 15.1. The molecule has 2 heterocycles. The van der Waals surface area contributed by atoms with Crippen molar-refractivity contribution in [3.8, 4) is 28.4 Å². The third kappa shape index (κ3) is 4.25. The van der Waals surface area contributed by atoms with E-state index in [0.717, 1.165) is 16.8 Å². The number of pyridine rings is 1. The maximum absolute atomic E-state index is 13.2. The third-order valence-corrected chi connectivity index (χ3v) is 4.79. The largest absolute Gasteiger partial charge is 0.493 e. The second-order valence-corrected chi connectivity index (χ2v) is 6.92. The number of ether oxygens (including phenoxy) is 2. The molecule has 2 aromatic carbocycles. The Bertz CT molecular complexity index is 1200. The van der Waals surface area contributed by atoms with Crippen molar-refractivity contribution in [3.63, 3.8) is 0 Å². The lowest BCUT2D eigenvalue weighted by Gasteiger charge is -2.09. The number of nitrogens with zero attached hydrogens (tertiary/aromatic N) is 3. The van der Waals surface area contributed by atoms with E-state index in [4.69, 9.17) is 14.6 Å². The van der Waals surface area contributed by atoms with Crippen molar-refractivity contribution in [3.05, 3.63) is 84.2 Å². The zero-order valence-electron chi connectivity index (χ0n) is 17.5. The molecule has 0 atom stereocenters. The van der Waals surface area contributed by atoms with Crippen LogP contribution in [0.3, 0.4) is 0 Å². The normalized spacial score (nSPS) is 10.5. The van der Waals surface area contributed by atoms with Crippen LogP contribution in [0.2, 0.25) is 0 Å². The second kappa shape index (κ2) is 8.71. The number of benzene rings is 2. The van der Waals surface area contributed by atoms with Gasteiger partial charge in [-0.1, -0.05) is 24.3 Å². The van der Waals surface area contributed by atoms with Gasteiger partial charge in [0.15, 0.2) is 11.5 Å². The van der Waals surface area contributed by atoms with Gasteiger partial charge in [-0.3, -0.25) is 4.79 Å². The zero-order chi connectivity index (χ0) is 21.8. The van der Waals surface area contributed by atoms with Crippen LogP contribution in [0, 0.1) is 6.92 Å². The highest BCUT2D eigenvalue weighted by molar-refractivity contribution is 6.07. The number of hydrogen-bond acceptors (Lipinski definition) is 5. The van der Waals surface area contributed by atoms with Gasteiger partial charge in [0.1, 0.15) is 11.5 Å². The molecule has 31 heavy (non-hydrogen) atoms. The average Bonchev–Trinajstić information content (AvgIpc) is 3.26. The van der Waals surface area contributed by atoms with Gasteiger partial charge < -0.3 is 14.8 Å². The first kappa shape index (κ1) is 20.2. The van der Waals surface area contributed by atoms with Gasteiger partial charge >= 0.3 is 0 Å². The van der Waals surface area contributed by atoms with Crippen LogP contribution < -0.4 is 14.8 Å². The number of hydrogen-bond donors (Lipinski definition) is 1. The van der Waals surface area contributed by atoms with Crippen molar-refractivity contribution in [2.45, 2.75) is 6.92 Å². The number of aromatic nitrogens is 3. The molecule has 4 aromatic rings. The van der Waals surface area contributed by atoms with E-state index in [9.17, 15) is 4.79 Å². The van der Waals surface area contributed by atoms with Crippen LogP contribution in [0.15, 0.2) is 73.1 Å². The molecule has 0 bridgehead atoms. The molecule has 0 radical (unpaired) electrons. The molecule has 1 amide bonds. The van der Waals surface area contributed by atoms with Crippen LogP contribution in [0.1, 0.15) is 15.9 Å². The molecule has 1 N–H and O–H groups in total. The van der Waals surface area contributed by atoms with Gasteiger partial charge in [-0.2, -0.15) is 5.10 Å². The minimum absolute atomic E-state index is 0.302. The van der Waals surface area contributed by atoms with E-state index in [2.05, 4.69) is 10.3 Å². The second-order valence-electron chi connectivity index (χ2n) is 6.92. The number of carbonyl (C=O) groups is 1. The molecule has 156 valence electrons. The highest BCUT2D eigenvalue weighted by Gasteiger charge is 2.20. The number of para-hydroxylation sites is 1. The molecule has 0 unspecified atom stereocenters. The Morgan fingerprint density at radius 3 is 2.42 bits per heavy atom. The van der Waals surface area contributed by atoms with E-state index in [1.54, 1.807) is 49.5 Å². The van der Waals surface area contributed by atoms with Crippen molar-refractivity contribution >= 4 is 11.7 Å². The molecule has 7 heteroatoms. The first-order valence-corrected chi connectivity index (χ1v) is 9.70. The predicted octanol–water partition coefficient (Wildman–Crippen LogP) is 4.51. The van der Waals surface area contributed by atoms with Crippen LogP contribution in [0.4, 0.5) is 5.82 Å². The monoisotopic (exact) mass is 414 g/mol. The molecule has 0 aliphatic rings. The third-order valence-electron chi connectivity index (χ3n) is 4.79. The van der Waals surface area contributed by atoms with Crippen LogP contribution in [-0.2, 0) is 0 Å². The summed E-state index contributed by atoms with van der Waals surface area (Å²) in [5, 5.41) is 7.55. The van der Waals surface area contributed by atoms with Crippen LogP contribution in [0.5, 0.6) is 11.5 Å². The lowest BCUT2D eigenvalue weighted by atomic mass is 10.1. The smallest absolute Gasteiger partial charge is 0.260 e. The van der Waals surface area contributed by atoms with Gasteiger partial charge in [-0.15, -0.1) is 0 Å². The van der Waals surface area contributed by atoms with Crippen molar-refractivity contribution in [1.82, 2.24) is 14.8 Å². The molecule has 4 rings (SSSR count).